The van der Waals surface area contributed by atoms with E-state index in [4.69, 9.17) is 11.6 Å². The summed E-state index contributed by atoms with van der Waals surface area (Å²) in [7, 11) is 0. The minimum absolute atomic E-state index is 0.0162. The summed E-state index contributed by atoms with van der Waals surface area (Å²) < 4.78 is 0. The molecule has 0 radical (unpaired) electrons. The van der Waals surface area contributed by atoms with Crippen molar-refractivity contribution in [1.82, 2.24) is 15.3 Å². The summed E-state index contributed by atoms with van der Waals surface area (Å²) in [5.41, 5.74) is 3.84. The van der Waals surface area contributed by atoms with Crippen LogP contribution in [0.2, 0.25) is 5.02 Å². The second-order valence-corrected chi connectivity index (χ2v) is 10.00. The van der Waals surface area contributed by atoms with E-state index in [0.717, 1.165) is 48.3 Å². The van der Waals surface area contributed by atoms with Gasteiger partial charge in [0.2, 0.25) is 11.9 Å². The van der Waals surface area contributed by atoms with Crippen LogP contribution in [0.1, 0.15) is 49.3 Å². The molecule has 8 nitrogen and oxygen atoms in total. The van der Waals surface area contributed by atoms with E-state index in [1.165, 1.54) is 6.20 Å². The molecule has 1 fully saturated rings. The normalized spacial score (nSPS) is 17.1. The molecule has 5 rings (SSSR count). The quantitative estimate of drug-likeness (QED) is 0.311. The Bertz CT molecular complexity index is 1270. The lowest BCUT2D eigenvalue weighted by atomic mass is 9.83. The zero-order chi connectivity index (χ0) is 24.6. The summed E-state index contributed by atoms with van der Waals surface area (Å²) in [5.74, 6) is 1.37. The summed E-state index contributed by atoms with van der Waals surface area (Å²) in [6, 6.07) is 11.5. The van der Waals surface area contributed by atoms with Gasteiger partial charge in [-0.3, -0.25) is 4.79 Å². The Balaban J connectivity index is 1.32. The molecule has 0 saturated carbocycles. The third kappa shape index (κ3) is 4.63. The molecule has 1 amide bonds. The molecule has 0 aliphatic carbocycles. The maximum absolute atomic E-state index is 12.4. The fraction of sp³-hybridized carbons (Fsp3) is 0.346. The zero-order valence-corrected chi connectivity index (χ0v) is 20.5. The summed E-state index contributed by atoms with van der Waals surface area (Å²) in [6.45, 7) is 6.26. The van der Waals surface area contributed by atoms with Gasteiger partial charge in [-0.25, -0.2) is 4.98 Å². The number of halogens is 1. The van der Waals surface area contributed by atoms with Crippen LogP contribution in [0.25, 0.3) is 0 Å². The molecule has 2 aromatic carbocycles. The van der Waals surface area contributed by atoms with Gasteiger partial charge >= 0.3 is 0 Å². The Kier molecular flexibility index (Phi) is 6.25. The molecule has 1 saturated heterocycles. The number of phenolic OH excluding ortho intramolecular Hbond substituents is 1. The number of aromatic nitrogens is 2. The number of nitrogens with one attached hydrogen (secondary N) is 4. The van der Waals surface area contributed by atoms with Gasteiger partial charge in [-0.05, 0) is 80.6 Å². The number of carbonyl (C=O) groups excluding carboxylic acids is 1. The fourth-order valence-corrected chi connectivity index (χ4v) is 5.05. The van der Waals surface area contributed by atoms with Gasteiger partial charge in [-0.15, -0.1) is 0 Å². The molecule has 0 bridgehead atoms. The number of nitrogens with zero attached hydrogens (tertiary/aromatic N) is 2. The smallest absolute Gasteiger partial charge is 0.234 e. The third-order valence-corrected chi connectivity index (χ3v) is 7.14. The van der Waals surface area contributed by atoms with Crippen LogP contribution in [-0.4, -0.2) is 34.1 Å². The first-order valence-corrected chi connectivity index (χ1v) is 12.2. The first kappa shape index (κ1) is 23.4. The lowest BCUT2D eigenvalue weighted by Crippen LogP contribution is -2.28. The minimum Gasteiger partial charge on any atom is -0.506 e. The maximum Gasteiger partial charge on any atom is 0.234 e. The van der Waals surface area contributed by atoms with Crippen LogP contribution in [0.4, 0.5) is 23.1 Å². The van der Waals surface area contributed by atoms with E-state index in [2.05, 4.69) is 31.2 Å². The maximum atomic E-state index is 12.4. The van der Waals surface area contributed by atoms with Crippen LogP contribution < -0.4 is 21.3 Å². The van der Waals surface area contributed by atoms with Crippen LogP contribution in [-0.2, 0) is 16.8 Å². The highest BCUT2D eigenvalue weighted by Crippen LogP contribution is 2.40. The second-order valence-electron chi connectivity index (χ2n) is 9.59. The van der Waals surface area contributed by atoms with Gasteiger partial charge in [-0.1, -0.05) is 29.8 Å². The van der Waals surface area contributed by atoms with Crippen LogP contribution in [0.3, 0.4) is 0 Å². The molecule has 2 aliphatic rings. The lowest BCUT2D eigenvalue weighted by Gasteiger charge is -2.23. The Labute approximate surface area is 209 Å². The van der Waals surface area contributed by atoms with Gasteiger partial charge in [0.05, 0.1) is 17.3 Å². The monoisotopic (exact) mass is 492 g/mol. The Morgan fingerprint density at radius 1 is 1.20 bits per heavy atom. The van der Waals surface area contributed by atoms with Crippen molar-refractivity contribution in [2.45, 2.75) is 44.6 Å². The van der Waals surface area contributed by atoms with E-state index in [0.29, 0.717) is 34.9 Å². The SMILES string of the molecule is CC1(C)C(=O)Nc2cccc(CNc3nc(Nc4ccc(C5CCNCC5)cc4O)ncc3Cl)c21. The number of fused-ring (bicyclic) bond motifs is 1. The molecule has 0 unspecified atom stereocenters. The molecule has 2 aliphatic heterocycles. The summed E-state index contributed by atoms with van der Waals surface area (Å²) in [5, 5.41) is 23.7. The third-order valence-electron chi connectivity index (χ3n) is 6.86. The van der Waals surface area contributed by atoms with Gasteiger partial charge in [0.15, 0.2) is 5.82 Å². The van der Waals surface area contributed by atoms with Crippen molar-refractivity contribution in [2.75, 3.05) is 29.0 Å². The molecule has 182 valence electrons. The van der Waals surface area contributed by atoms with E-state index >= 15 is 0 Å². The lowest BCUT2D eigenvalue weighted by molar-refractivity contribution is -0.119. The number of aromatic hydroxyl groups is 1. The summed E-state index contributed by atoms with van der Waals surface area (Å²) in [6.07, 6.45) is 3.64. The number of piperidine rings is 1. The Morgan fingerprint density at radius 3 is 2.77 bits per heavy atom. The van der Waals surface area contributed by atoms with Crippen molar-refractivity contribution in [3.63, 3.8) is 0 Å². The molecule has 0 atom stereocenters. The van der Waals surface area contributed by atoms with Crippen molar-refractivity contribution < 1.29 is 9.90 Å². The van der Waals surface area contributed by atoms with E-state index in [-0.39, 0.29) is 11.7 Å². The van der Waals surface area contributed by atoms with Gasteiger partial charge in [-0.2, -0.15) is 4.98 Å². The highest BCUT2D eigenvalue weighted by Gasteiger charge is 2.39. The summed E-state index contributed by atoms with van der Waals surface area (Å²) >= 11 is 6.36. The first-order valence-electron chi connectivity index (χ1n) is 11.8. The van der Waals surface area contributed by atoms with E-state index < -0.39 is 5.41 Å². The average Bonchev–Trinajstić information content (AvgIpc) is 3.09. The van der Waals surface area contributed by atoms with Gasteiger partial charge in [0, 0.05) is 12.2 Å². The van der Waals surface area contributed by atoms with Crippen molar-refractivity contribution in [3.05, 3.63) is 64.3 Å². The number of phenols is 1. The predicted octanol–water partition coefficient (Wildman–Crippen LogP) is 4.89. The molecule has 35 heavy (non-hydrogen) atoms. The highest BCUT2D eigenvalue weighted by molar-refractivity contribution is 6.32. The number of benzene rings is 2. The standard InChI is InChI=1S/C26H29ClN6O2/c1-26(2)22-17(4-3-5-20(22)31-24(26)35)13-29-23-18(27)14-30-25(33-23)32-19-7-6-16(12-21(19)34)15-8-10-28-11-9-15/h3-7,12,14-15,28,34H,8-11,13H2,1-2H3,(H,31,35)(H2,29,30,32,33). The molecule has 0 spiro atoms. The number of amides is 1. The van der Waals surface area contributed by atoms with E-state index in [9.17, 15) is 9.90 Å². The van der Waals surface area contributed by atoms with Crippen LogP contribution in [0.15, 0.2) is 42.6 Å². The van der Waals surface area contributed by atoms with Crippen LogP contribution in [0.5, 0.6) is 5.75 Å². The largest absolute Gasteiger partial charge is 0.506 e. The molecular formula is C26H29ClN6O2. The number of rotatable bonds is 6. The second kappa shape index (κ2) is 9.36. The zero-order valence-electron chi connectivity index (χ0n) is 19.8. The van der Waals surface area contributed by atoms with Gasteiger partial charge < -0.3 is 26.4 Å². The molecule has 3 heterocycles. The molecule has 3 aromatic rings. The van der Waals surface area contributed by atoms with Crippen molar-refractivity contribution in [1.29, 1.82) is 0 Å². The molecule has 9 heteroatoms. The Hall–Kier alpha value is -3.36. The van der Waals surface area contributed by atoms with E-state index in [1.807, 2.05) is 50.2 Å². The van der Waals surface area contributed by atoms with Gasteiger partial charge in [0.1, 0.15) is 10.8 Å². The molecule has 5 N–H and O–H groups in total. The summed E-state index contributed by atoms with van der Waals surface area (Å²) in [4.78, 5) is 21.2. The number of anilines is 4. The number of hydrogen-bond acceptors (Lipinski definition) is 7. The minimum atomic E-state index is -0.617. The number of carbonyl (C=O) groups is 1. The van der Waals surface area contributed by atoms with Crippen molar-refractivity contribution in [2.24, 2.45) is 0 Å². The highest BCUT2D eigenvalue weighted by atomic mass is 35.5. The van der Waals surface area contributed by atoms with Crippen LogP contribution >= 0.6 is 11.6 Å². The predicted molar refractivity (Wildman–Crippen MR) is 139 cm³/mol. The van der Waals surface area contributed by atoms with Crippen molar-refractivity contribution in [3.8, 4) is 5.75 Å². The average molecular weight is 493 g/mol. The topological polar surface area (TPSA) is 111 Å². The molecule has 1 aromatic heterocycles. The van der Waals surface area contributed by atoms with Crippen LogP contribution in [0, 0.1) is 0 Å². The van der Waals surface area contributed by atoms with Crippen molar-refractivity contribution >= 4 is 40.6 Å². The fourth-order valence-electron chi connectivity index (χ4n) is 4.90. The first-order chi connectivity index (χ1) is 16.8. The van der Waals surface area contributed by atoms with E-state index in [1.54, 1.807) is 0 Å². The van der Waals surface area contributed by atoms with Gasteiger partial charge in [0.25, 0.3) is 0 Å². The Morgan fingerprint density at radius 2 is 2.00 bits per heavy atom. The molecular weight excluding hydrogens is 464 g/mol. The number of hydrogen-bond donors (Lipinski definition) is 5.